The van der Waals surface area contributed by atoms with Gasteiger partial charge in [-0.15, -0.1) is 0 Å². The van der Waals surface area contributed by atoms with Crippen LogP contribution >= 0.6 is 0 Å². The molecule has 0 bridgehead atoms. The Morgan fingerprint density at radius 3 is 1.21 bits per heavy atom. The van der Waals surface area contributed by atoms with Gasteiger partial charge in [-0.05, 0) is 62.6 Å². The molecular weight excluding hydrogens is 422 g/mol. The normalized spacial score (nSPS) is 13.2. The second-order valence-electron chi connectivity index (χ2n) is 13.6. The molecular formula is C30H45NO3. The van der Waals surface area contributed by atoms with Crippen LogP contribution in [0.5, 0.6) is 11.5 Å². The number of carbonyl (C=O) groups excluding carboxylic acids is 1. The first-order valence-electron chi connectivity index (χ1n) is 12.2. The van der Waals surface area contributed by atoms with E-state index in [2.05, 4.69) is 46.9 Å². The summed E-state index contributed by atoms with van der Waals surface area (Å²) in [7, 11) is 0. The van der Waals surface area contributed by atoms with Crippen molar-refractivity contribution in [2.24, 2.45) is 0 Å². The van der Waals surface area contributed by atoms with Crippen LogP contribution in [0.25, 0.3) is 0 Å². The lowest BCUT2D eigenvalue weighted by atomic mass is 9.78. The zero-order valence-electron chi connectivity index (χ0n) is 23.3. The van der Waals surface area contributed by atoms with Gasteiger partial charge in [-0.1, -0.05) is 83.1 Å². The molecule has 0 saturated carbocycles. The van der Waals surface area contributed by atoms with Crippen LogP contribution in [0.15, 0.2) is 24.3 Å². The van der Waals surface area contributed by atoms with Crippen molar-refractivity contribution in [3.63, 3.8) is 0 Å². The van der Waals surface area contributed by atoms with E-state index < -0.39 is 0 Å². The Labute approximate surface area is 206 Å². The van der Waals surface area contributed by atoms with E-state index in [9.17, 15) is 15.0 Å². The van der Waals surface area contributed by atoms with Crippen molar-refractivity contribution in [3.05, 3.63) is 57.6 Å². The zero-order valence-corrected chi connectivity index (χ0v) is 23.3. The first-order valence-corrected chi connectivity index (χ1v) is 12.2. The highest BCUT2D eigenvalue weighted by Crippen LogP contribution is 2.41. The van der Waals surface area contributed by atoms with E-state index in [1.165, 1.54) is 0 Å². The van der Waals surface area contributed by atoms with Gasteiger partial charge in [0.25, 0.3) is 5.91 Å². The summed E-state index contributed by atoms with van der Waals surface area (Å²) in [6, 6.07) is 7.58. The first kappa shape index (κ1) is 27.8. The monoisotopic (exact) mass is 467 g/mol. The van der Waals surface area contributed by atoms with E-state index in [0.717, 1.165) is 27.8 Å². The van der Waals surface area contributed by atoms with Crippen molar-refractivity contribution in [2.45, 2.75) is 111 Å². The van der Waals surface area contributed by atoms with Crippen LogP contribution in [-0.2, 0) is 28.2 Å². The minimum Gasteiger partial charge on any atom is -0.507 e. The van der Waals surface area contributed by atoms with E-state index >= 15 is 0 Å². The summed E-state index contributed by atoms with van der Waals surface area (Å²) in [6.07, 6.45) is 0. The first-order chi connectivity index (χ1) is 15.1. The maximum atomic E-state index is 13.3. The Morgan fingerprint density at radius 1 is 0.618 bits per heavy atom. The lowest BCUT2D eigenvalue weighted by Gasteiger charge is -2.28. The molecule has 188 valence electrons. The minimum atomic E-state index is -0.305. The zero-order chi connectivity index (χ0) is 26.4. The lowest BCUT2D eigenvalue weighted by Crippen LogP contribution is -2.26. The fourth-order valence-electron chi connectivity index (χ4n) is 4.13. The van der Waals surface area contributed by atoms with Crippen LogP contribution in [0.3, 0.4) is 0 Å². The average Bonchev–Trinajstić information content (AvgIpc) is 2.63. The largest absolute Gasteiger partial charge is 0.507 e. The van der Waals surface area contributed by atoms with Crippen molar-refractivity contribution in [1.29, 1.82) is 0 Å². The number of hydrogen-bond donors (Lipinski definition) is 3. The fourth-order valence-corrected chi connectivity index (χ4v) is 4.13. The number of phenols is 2. The van der Waals surface area contributed by atoms with Crippen LogP contribution in [0.2, 0.25) is 0 Å². The maximum Gasteiger partial charge on any atom is 0.251 e. The van der Waals surface area contributed by atoms with Crippen molar-refractivity contribution >= 4 is 5.91 Å². The van der Waals surface area contributed by atoms with Gasteiger partial charge in [-0.3, -0.25) is 4.79 Å². The third-order valence-corrected chi connectivity index (χ3v) is 6.23. The molecule has 0 radical (unpaired) electrons. The number of hydrogen-bond acceptors (Lipinski definition) is 3. The Balaban J connectivity index is 2.49. The molecule has 0 aliphatic carbocycles. The lowest BCUT2D eigenvalue weighted by molar-refractivity contribution is 0.0950. The second-order valence-corrected chi connectivity index (χ2v) is 13.6. The smallest absolute Gasteiger partial charge is 0.251 e. The highest BCUT2D eigenvalue weighted by molar-refractivity contribution is 5.95. The van der Waals surface area contributed by atoms with E-state index in [1.54, 1.807) is 12.1 Å². The molecule has 1 amide bonds. The van der Waals surface area contributed by atoms with Crippen LogP contribution < -0.4 is 5.32 Å². The van der Waals surface area contributed by atoms with Crippen LogP contribution in [0.4, 0.5) is 0 Å². The van der Waals surface area contributed by atoms with E-state index in [1.807, 2.05) is 53.7 Å². The quantitative estimate of drug-likeness (QED) is 0.446. The van der Waals surface area contributed by atoms with Crippen molar-refractivity contribution in [2.75, 3.05) is 0 Å². The molecule has 0 fully saturated rings. The highest BCUT2D eigenvalue weighted by Gasteiger charge is 2.29. The number of rotatable bonds is 3. The highest BCUT2D eigenvalue weighted by atomic mass is 16.3. The predicted octanol–water partition coefficient (Wildman–Crippen LogP) is 7.22. The van der Waals surface area contributed by atoms with Crippen molar-refractivity contribution in [3.8, 4) is 11.5 Å². The molecule has 2 aromatic carbocycles. The molecule has 4 nitrogen and oxygen atoms in total. The van der Waals surface area contributed by atoms with Gasteiger partial charge in [0.1, 0.15) is 11.5 Å². The fraction of sp³-hybridized carbons (Fsp3) is 0.567. The number of amides is 1. The van der Waals surface area contributed by atoms with Gasteiger partial charge in [0, 0.05) is 23.2 Å². The summed E-state index contributed by atoms with van der Waals surface area (Å²) in [5, 5.41) is 25.0. The molecule has 0 unspecified atom stereocenters. The number of phenolic OH excluding ortho intramolecular Hbond substituents is 2. The van der Waals surface area contributed by atoms with Gasteiger partial charge in [0.15, 0.2) is 0 Å². The third kappa shape index (κ3) is 6.14. The number of benzene rings is 2. The topological polar surface area (TPSA) is 69.6 Å². The second kappa shape index (κ2) is 8.94. The van der Waals surface area contributed by atoms with E-state index in [4.69, 9.17) is 0 Å². The minimum absolute atomic E-state index is 0.182. The summed E-state index contributed by atoms with van der Waals surface area (Å²) in [6.45, 7) is 25.0. The SMILES string of the molecule is CC(C)(C)c1cc(CNC(=O)c2cc(C(C)(C)C)c(O)c(C(C)(C)C)c2)cc(C(C)(C)C)c1O. The third-order valence-electron chi connectivity index (χ3n) is 6.23. The Morgan fingerprint density at radius 2 is 0.912 bits per heavy atom. The Bertz CT molecular complexity index is 998. The standard InChI is InChI=1S/C30H45NO3/c1-27(2,3)20-13-18(14-21(24(20)32)28(4,5)6)17-31-26(34)19-15-22(29(7,8)9)25(33)23(16-19)30(10,11)12/h13-16,32-33H,17H2,1-12H3,(H,31,34). The van der Waals surface area contributed by atoms with Crippen LogP contribution in [0, 0.1) is 0 Å². The van der Waals surface area contributed by atoms with E-state index in [-0.39, 0.29) is 33.3 Å². The molecule has 2 aromatic rings. The van der Waals surface area contributed by atoms with Gasteiger partial charge < -0.3 is 15.5 Å². The van der Waals surface area contributed by atoms with E-state index in [0.29, 0.717) is 17.9 Å². The predicted molar refractivity (Wildman–Crippen MR) is 142 cm³/mol. The average molecular weight is 468 g/mol. The van der Waals surface area contributed by atoms with Crippen molar-refractivity contribution in [1.82, 2.24) is 5.32 Å². The maximum absolute atomic E-state index is 13.3. The van der Waals surface area contributed by atoms with Crippen LogP contribution in [0.1, 0.15) is 121 Å². The summed E-state index contributed by atoms with van der Waals surface area (Å²) < 4.78 is 0. The molecule has 0 heterocycles. The molecule has 0 spiro atoms. The summed E-state index contributed by atoms with van der Waals surface area (Å²) in [5.41, 5.74) is 3.69. The summed E-state index contributed by atoms with van der Waals surface area (Å²) in [4.78, 5) is 13.3. The molecule has 0 saturated heterocycles. The van der Waals surface area contributed by atoms with Gasteiger partial charge >= 0.3 is 0 Å². The molecule has 3 N–H and O–H groups in total. The van der Waals surface area contributed by atoms with Gasteiger partial charge in [0.05, 0.1) is 0 Å². The molecule has 0 atom stereocenters. The summed E-state index contributed by atoms with van der Waals surface area (Å²) in [5.74, 6) is 0.414. The summed E-state index contributed by atoms with van der Waals surface area (Å²) >= 11 is 0. The molecule has 0 aliphatic rings. The molecule has 0 aromatic heterocycles. The molecule has 4 heteroatoms. The van der Waals surface area contributed by atoms with Gasteiger partial charge in [-0.2, -0.15) is 0 Å². The van der Waals surface area contributed by atoms with Crippen LogP contribution in [-0.4, -0.2) is 16.1 Å². The van der Waals surface area contributed by atoms with Gasteiger partial charge in [0.2, 0.25) is 0 Å². The molecule has 0 aliphatic heterocycles. The molecule has 2 rings (SSSR count). The Kier molecular flexibility index (Phi) is 7.30. The number of aromatic hydroxyl groups is 2. The van der Waals surface area contributed by atoms with Gasteiger partial charge in [-0.25, -0.2) is 0 Å². The Hall–Kier alpha value is -2.49. The number of carbonyl (C=O) groups is 1. The molecule has 34 heavy (non-hydrogen) atoms. The number of nitrogens with one attached hydrogen (secondary N) is 1. The van der Waals surface area contributed by atoms with Crippen molar-refractivity contribution < 1.29 is 15.0 Å².